The van der Waals surface area contributed by atoms with Crippen LogP contribution in [0.15, 0.2) is 0 Å². The third-order valence-corrected chi connectivity index (χ3v) is 3.82. The molecule has 130 valence electrons. The highest BCUT2D eigenvalue weighted by molar-refractivity contribution is 5.68. The first kappa shape index (κ1) is 17.7. The van der Waals surface area contributed by atoms with Crippen molar-refractivity contribution < 1.29 is 14.3 Å². The number of aromatic nitrogens is 2. The van der Waals surface area contributed by atoms with Crippen LogP contribution in [0.25, 0.3) is 0 Å². The van der Waals surface area contributed by atoms with Crippen molar-refractivity contribution >= 4 is 6.09 Å². The van der Waals surface area contributed by atoms with Gasteiger partial charge in [0.05, 0.1) is 24.9 Å². The van der Waals surface area contributed by atoms with Gasteiger partial charge in [0.2, 0.25) is 0 Å². The van der Waals surface area contributed by atoms with E-state index in [1.165, 1.54) is 5.56 Å². The molecule has 1 aliphatic heterocycles. The highest BCUT2D eigenvalue weighted by atomic mass is 16.6. The Morgan fingerprint density at radius 2 is 2.22 bits per heavy atom. The van der Waals surface area contributed by atoms with Crippen LogP contribution in [-0.2, 0) is 16.0 Å². The summed E-state index contributed by atoms with van der Waals surface area (Å²) < 4.78 is 11.0. The van der Waals surface area contributed by atoms with E-state index >= 15 is 0 Å². The molecule has 0 aromatic carbocycles. The third kappa shape index (κ3) is 4.94. The first-order chi connectivity index (χ1) is 10.8. The standard InChI is InChI=1S/C16H28N4O3/c1-11-14(12(2)19-18-11)9-17-8-13-10-22-7-6-20(13)15(21)23-16(3,4)5/h13,17H,6-10H2,1-5H3,(H,18,19). The molecule has 23 heavy (non-hydrogen) atoms. The number of hydrogen-bond donors (Lipinski definition) is 2. The fourth-order valence-electron chi connectivity index (χ4n) is 2.58. The average molecular weight is 324 g/mol. The summed E-state index contributed by atoms with van der Waals surface area (Å²) in [6, 6.07) is -0.0221. The van der Waals surface area contributed by atoms with E-state index in [9.17, 15) is 4.79 Å². The number of rotatable bonds is 4. The molecule has 1 amide bonds. The van der Waals surface area contributed by atoms with Gasteiger partial charge in [0.25, 0.3) is 0 Å². The van der Waals surface area contributed by atoms with Gasteiger partial charge in [-0.2, -0.15) is 5.10 Å². The second-order valence-corrected chi connectivity index (χ2v) is 6.95. The minimum Gasteiger partial charge on any atom is -0.444 e. The molecule has 7 nitrogen and oxygen atoms in total. The van der Waals surface area contributed by atoms with Gasteiger partial charge in [0.1, 0.15) is 5.60 Å². The van der Waals surface area contributed by atoms with Gasteiger partial charge in [-0.3, -0.25) is 10.00 Å². The van der Waals surface area contributed by atoms with E-state index in [1.54, 1.807) is 4.90 Å². The van der Waals surface area contributed by atoms with Gasteiger partial charge in [-0.25, -0.2) is 4.79 Å². The predicted octanol–water partition coefficient (Wildman–Crippen LogP) is 1.75. The molecule has 1 atom stereocenters. The first-order valence-corrected chi connectivity index (χ1v) is 8.06. The highest BCUT2D eigenvalue weighted by Gasteiger charge is 2.30. The van der Waals surface area contributed by atoms with Gasteiger partial charge in [-0.05, 0) is 34.6 Å². The maximum atomic E-state index is 12.3. The summed E-state index contributed by atoms with van der Waals surface area (Å²) in [6.07, 6.45) is -0.275. The zero-order chi connectivity index (χ0) is 17.0. The monoisotopic (exact) mass is 324 g/mol. The number of carbonyl (C=O) groups is 1. The summed E-state index contributed by atoms with van der Waals surface area (Å²) in [5, 5.41) is 10.6. The molecule has 1 fully saturated rings. The summed E-state index contributed by atoms with van der Waals surface area (Å²) >= 11 is 0. The van der Waals surface area contributed by atoms with E-state index in [4.69, 9.17) is 9.47 Å². The molecule has 1 aromatic rings. The van der Waals surface area contributed by atoms with Crippen LogP contribution < -0.4 is 5.32 Å². The second kappa shape index (κ2) is 7.31. The molecule has 1 aromatic heterocycles. The maximum Gasteiger partial charge on any atom is 0.410 e. The van der Waals surface area contributed by atoms with Crippen molar-refractivity contribution in [3.05, 3.63) is 17.0 Å². The molecule has 1 aliphatic rings. The number of morpholine rings is 1. The number of ether oxygens (including phenoxy) is 2. The van der Waals surface area contributed by atoms with Crippen LogP contribution in [0.5, 0.6) is 0 Å². The number of aromatic amines is 1. The van der Waals surface area contributed by atoms with E-state index in [-0.39, 0.29) is 12.1 Å². The zero-order valence-electron chi connectivity index (χ0n) is 14.7. The minimum absolute atomic E-state index is 0.0221. The summed E-state index contributed by atoms with van der Waals surface area (Å²) in [5.74, 6) is 0. The van der Waals surface area contributed by atoms with Crippen molar-refractivity contribution in [2.45, 2.75) is 52.8 Å². The first-order valence-electron chi connectivity index (χ1n) is 8.06. The van der Waals surface area contributed by atoms with Gasteiger partial charge in [-0.15, -0.1) is 0 Å². The number of hydrogen-bond acceptors (Lipinski definition) is 5. The Hall–Kier alpha value is -1.60. The van der Waals surface area contributed by atoms with Crippen molar-refractivity contribution in [2.75, 3.05) is 26.3 Å². The fourth-order valence-corrected chi connectivity index (χ4v) is 2.58. The van der Waals surface area contributed by atoms with E-state index in [0.29, 0.717) is 32.8 Å². The number of amides is 1. The lowest BCUT2D eigenvalue weighted by Crippen LogP contribution is -2.54. The number of H-pyrrole nitrogens is 1. The zero-order valence-corrected chi connectivity index (χ0v) is 14.7. The molecule has 2 rings (SSSR count). The van der Waals surface area contributed by atoms with Crippen molar-refractivity contribution in [1.29, 1.82) is 0 Å². The summed E-state index contributed by atoms with van der Waals surface area (Å²) in [5.41, 5.74) is 2.75. The Morgan fingerprint density at radius 1 is 1.48 bits per heavy atom. The molecule has 1 unspecified atom stereocenters. The van der Waals surface area contributed by atoms with Crippen molar-refractivity contribution in [3.8, 4) is 0 Å². The molecule has 2 heterocycles. The third-order valence-electron chi connectivity index (χ3n) is 3.82. The summed E-state index contributed by atoms with van der Waals surface area (Å²) in [7, 11) is 0. The normalized spacial score (nSPS) is 19.0. The SMILES string of the molecule is Cc1n[nH]c(C)c1CNCC1COCCN1C(=O)OC(C)(C)C. The van der Waals surface area contributed by atoms with E-state index in [0.717, 1.165) is 11.4 Å². The van der Waals surface area contributed by atoms with E-state index < -0.39 is 5.60 Å². The Morgan fingerprint density at radius 3 is 2.83 bits per heavy atom. The van der Waals surface area contributed by atoms with Crippen LogP contribution in [0, 0.1) is 13.8 Å². The van der Waals surface area contributed by atoms with Gasteiger partial charge < -0.3 is 14.8 Å². The van der Waals surface area contributed by atoms with Crippen LogP contribution in [0.3, 0.4) is 0 Å². The Balaban J connectivity index is 1.90. The summed E-state index contributed by atoms with van der Waals surface area (Å²) in [4.78, 5) is 14.1. The topological polar surface area (TPSA) is 79.5 Å². The highest BCUT2D eigenvalue weighted by Crippen LogP contribution is 2.15. The second-order valence-electron chi connectivity index (χ2n) is 6.95. The molecule has 1 saturated heterocycles. The molecule has 0 saturated carbocycles. The minimum atomic E-state index is -0.488. The average Bonchev–Trinajstić information content (AvgIpc) is 2.77. The smallest absolute Gasteiger partial charge is 0.410 e. The lowest BCUT2D eigenvalue weighted by atomic mass is 10.2. The van der Waals surface area contributed by atoms with Gasteiger partial charge in [0, 0.05) is 30.9 Å². The Kier molecular flexibility index (Phi) is 5.64. The van der Waals surface area contributed by atoms with Crippen LogP contribution in [0.2, 0.25) is 0 Å². The largest absolute Gasteiger partial charge is 0.444 e. The number of nitrogens with zero attached hydrogens (tertiary/aromatic N) is 2. The van der Waals surface area contributed by atoms with Crippen LogP contribution >= 0.6 is 0 Å². The lowest BCUT2D eigenvalue weighted by Gasteiger charge is -2.36. The van der Waals surface area contributed by atoms with Crippen molar-refractivity contribution in [2.24, 2.45) is 0 Å². The van der Waals surface area contributed by atoms with Crippen molar-refractivity contribution in [1.82, 2.24) is 20.4 Å². The molecule has 2 N–H and O–H groups in total. The molecular formula is C16H28N4O3. The van der Waals surface area contributed by atoms with Gasteiger partial charge in [0.15, 0.2) is 0 Å². The molecule has 0 aliphatic carbocycles. The maximum absolute atomic E-state index is 12.3. The van der Waals surface area contributed by atoms with Gasteiger partial charge >= 0.3 is 6.09 Å². The Labute approximate surface area is 137 Å². The molecule has 0 spiro atoms. The van der Waals surface area contributed by atoms with Crippen molar-refractivity contribution in [3.63, 3.8) is 0 Å². The van der Waals surface area contributed by atoms with Crippen LogP contribution in [-0.4, -0.2) is 59.1 Å². The van der Waals surface area contributed by atoms with Gasteiger partial charge in [-0.1, -0.05) is 0 Å². The Bertz CT molecular complexity index is 516. The lowest BCUT2D eigenvalue weighted by molar-refractivity contribution is -0.0317. The molecule has 0 radical (unpaired) electrons. The molecular weight excluding hydrogens is 296 g/mol. The number of nitrogens with one attached hydrogen (secondary N) is 2. The quantitative estimate of drug-likeness (QED) is 0.882. The fraction of sp³-hybridized carbons (Fsp3) is 0.750. The molecule has 0 bridgehead atoms. The number of carbonyl (C=O) groups excluding carboxylic acids is 1. The predicted molar refractivity (Wildman–Crippen MR) is 87.3 cm³/mol. The number of aryl methyl sites for hydroxylation is 2. The molecule has 7 heteroatoms. The summed E-state index contributed by atoms with van der Waals surface area (Å²) in [6.45, 7) is 12.6. The van der Waals surface area contributed by atoms with E-state index in [1.807, 2.05) is 34.6 Å². The van der Waals surface area contributed by atoms with Crippen LogP contribution in [0.4, 0.5) is 4.79 Å². The van der Waals surface area contributed by atoms with E-state index in [2.05, 4.69) is 15.5 Å². The van der Waals surface area contributed by atoms with Crippen LogP contribution in [0.1, 0.15) is 37.7 Å².